The Morgan fingerprint density at radius 3 is 2.56 bits per heavy atom. The summed E-state index contributed by atoms with van der Waals surface area (Å²) in [5.41, 5.74) is 0.829. The first kappa shape index (κ1) is 12.0. The number of hydrogen-bond donors (Lipinski definition) is 1. The van der Waals surface area contributed by atoms with Crippen LogP contribution in [0.2, 0.25) is 0 Å². The number of amides is 1. The van der Waals surface area contributed by atoms with Crippen LogP contribution >= 0.6 is 0 Å². The summed E-state index contributed by atoms with van der Waals surface area (Å²) in [6, 6.07) is 9.12. The maximum absolute atomic E-state index is 11.0. The topological polar surface area (TPSA) is 64.6 Å². The van der Waals surface area contributed by atoms with Gasteiger partial charge in [0.15, 0.2) is 0 Å². The van der Waals surface area contributed by atoms with Crippen molar-refractivity contribution in [3.8, 4) is 0 Å². The molecule has 0 fully saturated rings. The van der Waals surface area contributed by atoms with E-state index in [9.17, 15) is 9.59 Å². The van der Waals surface area contributed by atoms with Crippen LogP contribution in [0.3, 0.4) is 0 Å². The van der Waals surface area contributed by atoms with E-state index in [1.54, 1.807) is 19.1 Å². The molecule has 0 aliphatic heterocycles. The van der Waals surface area contributed by atoms with Crippen LogP contribution in [0.15, 0.2) is 30.3 Å². The second-order valence-electron chi connectivity index (χ2n) is 2.94. The SMILES string of the molecule is CCNC(=O)OC(=O)OCc1ccccc1. The van der Waals surface area contributed by atoms with E-state index in [4.69, 9.17) is 4.74 Å². The molecule has 1 aromatic carbocycles. The molecule has 1 rings (SSSR count). The largest absolute Gasteiger partial charge is 0.517 e. The first-order valence-electron chi connectivity index (χ1n) is 4.88. The maximum Gasteiger partial charge on any atom is 0.517 e. The summed E-state index contributed by atoms with van der Waals surface area (Å²) in [6.45, 7) is 2.19. The van der Waals surface area contributed by atoms with Gasteiger partial charge in [-0.1, -0.05) is 30.3 Å². The van der Waals surface area contributed by atoms with E-state index in [0.717, 1.165) is 5.56 Å². The lowest BCUT2D eigenvalue weighted by atomic mass is 10.2. The van der Waals surface area contributed by atoms with E-state index in [0.29, 0.717) is 6.54 Å². The number of carbonyl (C=O) groups is 2. The highest BCUT2D eigenvalue weighted by atomic mass is 16.7. The third-order valence-corrected chi connectivity index (χ3v) is 1.70. The summed E-state index contributed by atoms with van der Waals surface area (Å²) in [4.78, 5) is 21.8. The van der Waals surface area contributed by atoms with Gasteiger partial charge in [0.2, 0.25) is 0 Å². The Labute approximate surface area is 93.4 Å². The van der Waals surface area contributed by atoms with E-state index in [1.807, 2.05) is 18.2 Å². The lowest BCUT2D eigenvalue weighted by Gasteiger charge is -2.04. The predicted octanol–water partition coefficient (Wildman–Crippen LogP) is 2.07. The number of ether oxygens (including phenoxy) is 2. The minimum Gasteiger partial charge on any atom is -0.429 e. The molecular formula is C11H13NO4. The molecule has 0 saturated carbocycles. The molecule has 0 radical (unpaired) electrons. The van der Waals surface area contributed by atoms with Crippen molar-refractivity contribution in [2.24, 2.45) is 0 Å². The van der Waals surface area contributed by atoms with Crippen LogP contribution in [-0.2, 0) is 16.1 Å². The van der Waals surface area contributed by atoms with Crippen LogP contribution in [0.5, 0.6) is 0 Å². The molecule has 0 aliphatic rings. The zero-order valence-electron chi connectivity index (χ0n) is 8.93. The normalized spacial score (nSPS) is 9.31. The monoisotopic (exact) mass is 223 g/mol. The third kappa shape index (κ3) is 4.45. The van der Waals surface area contributed by atoms with Crippen molar-refractivity contribution in [1.29, 1.82) is 0 Å². The number of benzene rings is 1. The molecule has 0 saturated heterocycles. The van der Waals surface area contributed by atoms with Crippen molar-refractivity contribution in [3.63, 3.8) is 0 Å². The van der Waals surface area contributed by atoms with E-state index in [1.165, 1.54) is 0 Å². The molecule has 86 valence electrons. The van der Waals surface area contributed by atoms with E-state index in [-0.39, 0.29) is 6.61 Å². The van der Waals surface area contributed by atoms with Crippen molar-refractivity contribution in [1.82, 2.24) is 5.32 Å². The van der Waals surface area contributed by atoms with Crippen LogP contribution in [0.4, 0.5) is 9.59 Å². The molecule has 0 atom stereocenters. The van der Waals surface area contributed by atoms with E-state index >= 15 is 0 Å². The highest BCUT2D eigenvalue weighted by Gasteiger charge is 2.10. The molecule has 1 amide bonds. The number of carbonyl (C=O) groups excluding carboxylic acids is 2. The summed E-state index contributed by atoms with van der Waals surface area (Å²) >= 11 is 0. The van der Waals surface area contributed by atoms with Crippen LogP contribution in [0.25, 0.3) is 0 Å². The van der Waals surface area contributed by atoms with Crippen molar-refractivity contribution in [2.45, 2.75) is 13.5 Å². The standard InChI is InChI=1S/C11H13NO4/c1-2-12-10(13)16-11(14)15-8-9-6-4-3-5-7-9/h3-7H,2,8H2,1H3,(H,12,13). The van der Waals surface area contributed by atoms with Gasteiger partial charge in [0.25, 0.3) is 0 Å². The molecule has 0 spiro atoms. The van der Waals surface area contributed by atoms with Gasteiger partial charge in [-0.05, 0) is 12.5 Å². The third-order valence-electron chi connectivity index (χ3n) is 1.70. The minimum atomic E-state index is -1.00. The van der Waals surface area contributed by atoms with Crippen LogP contribution < -0.4 is 5.32 Å². The van der Waals surface area contributed by atoms with Gasteiger partial charge in [-0.25, -0.2) is 9.59 Å². The van der Waals surface area contributed by atoms with E-state index < -0.39 is 12.2 Å². The molecule has 0 aliphatic carbocycles. The molecule has 5 heteroatoms. The molecule has 0 bridgehead atoms. The predicted molar refractivity (Wildman–Crippen MR) is 56.8 cm³/mol. The highest BCUT2D eigenvalue weighted by molar-refractivity contribution is 5.80. The van der Waals surface area contributed by atoms with Crippen LogP contribution in [0.1, 0.15) is 12.5 Å². The first-order chi connectivity index (χ1) is 7.72. The second kappa shape index (κ2) is 6.44. The van der Waals surface area contributed by atoms with Crippen molar-refractivity contribution in [3.05, 3.63) is 35.9 Å². The van der Waals surface area contributed by atoms with Gasteiger partial charge in [0.05, 0.1) is 0 Å². The quantitative estimate of drug-likeness (QED) is 0.629. The summed E-state index contributed by atoms with van der Waals surface area (Å²) in [7, 11) is 0. The zero-order chi connectivity index (χ0) is 11.8. The van der Waals surface area contributed by atoms with Gasteiger partial charge < -0.3 is 14.8 Å². The summed E-state index contributed by atoms with van der Waals surface area (Å²) in [5.74, 6) is 0. The summed E-state index contributed by atoms with van der Waals surface area (Å²) in [5, 5.41) is 2.31. The fraction of sp³-hybridized carbons (Fsp3) is 0.273. The second-order valence-corrected chi connectivity index (χ2v) is 2.94. The Bertz CT molecular complexity index is 350. The van der Waals surface area contributed by atoms with Gasteiger partial charge in [-0.3, -0.25) is 0 Å². The smallest absolute Gasteiger partial charge is 0.429 e. The minimum absolute atomic E-state index is 0.0824. The fourth-order valence-corrected chi connectivity index (χ4v) is 1.00. The summed E-state index contributed by atoms with van der Waals surface area (Å²) in [6.07, 6.45) is -1.81. The zero-order valence-corrected chi connectivity index (χ0v) is 8.93. The van der Waals surface area contributed by atoms with Crippen molar-refractivity contribution in [2.75, 3.05) is 6.54 Å². The molecule has 16 heavy (non-hydrogen) atoms. The van der Waals surface area contributed by atoms with Gasteiger partial charge in [0.1, 0.15) is 6.61 Å². The average molecular weight is 223 g/mol. The first-order valence-corrected chi connectivity index (χ1v) is 4.88. The molecule has 1 aromatic rings. The number of rotatable bonds is 3. The molecular weight excluding hydrogens is 210 g/mol. The van der Waals surface area contributed by atoms with Crippen molar-refractivity contribution >= 4 is 12.2 Å². The van der Waals surface area contributed by atoms with Crippen molar-refractivity contribution < 1.29 is 19.1 Å². The Balaban J connectivity index is 2.28. The van der Waals surface area contributed by atoms with E-state index in [2.05, 4.69) is 10.1 Å². The molecule has 0 heterocycles. The average Bonchev–Trinajstić information content (AvgIpc) is 2.28. The van der Waals surface area contributed by atoms with Gasteiger partial charge in [-0.2, -0.15) is 0 Å². The Morgan fingerprint density at radius 2 is 1.94 bits per heavy atom. The van der Waals surface area contributed by atoms with Crippen LogP contribution in [-0.4, -0.2) is 18.8 Å². The lowest BCUT2D eigenvalue weighted by Crippen LogP contribution is -2.26. The number of nitrogens with one attached hydrogen (secondary N) is 1. The van der Waals surface area contributed by atoms with Gasteiger partial charge in [0, 0.05) is 6.54 Å². The Morgan fingerprint density at radius 1 is 1.25 bits per heavy atom. The summed E-state index contributed by atoms with van der Waals surface area (Å²) < 4.78 is 9.02. The van der Waals surface area contributed by atoms with Gasteiger partial charge >= 0.3 is 12.2 Å². The maximum atomic E-state index is 11.0. The van der Waals surface area contributed by atoms with Crippen LogP contribution in [0, 0.1) is 0 Å². The number of alkyl carbamates (subject to hydrolysis) is 1. The molecule has 0 aromatic heterocycles. The highest BCUT2D eigenvalue weighted by Crippen LogP contribution is 2.01. The Hall–Kier alpha value is -2.04. The number of hydrogen-bond acceptors (Lipinski definition) is 4. The Kier molecular flexibility index (Phi) is 4.85. The van der Waals surface area contributed by atoms with Gasteiger partial charge in [-0.15, -0.1) is 0 Å². The molecule has 1 N–H and O–H groups in total. The fourth-order valence-electron chi connectivity index (χ4n) is 1.00. The lowest BCUT2D eigenvalue weighted by molar-refractivity contribution is 0.0699. The molecule has 0 unspecified atom stereocenters. The molecule has 5 nitrogen and oxygen atoms in total.